The molecule has 2 aromatic carbocycles. The summed E-state index contributed by atoms with van der Waals surface area (Å²) in [6.07, 6.45) is 0.589. The van der Waals surface area contributed by atoms with Crippen molar-refractivity contribution in [1.29, 1.82) is 5.26 Å². The first kappa shape index (κ1) is 20.3. The van der Waals surface area contributed by atoms with Crippen molar-refractivity contribution in [2.45, 2.75) is 29.9 Å². The molecule has 0 saturated heterocycles. The zero-order valence-electron chi connectivity index (χ0n) is 14.8. The number of nitro groups is 1. The number of nitrogens with zero attached hydrogens (tertiary/aromatic N) is 2. The Morgan fingerprint density at radius 2 is 1.89 bits per heavy atom. The van der Waals surface area contributed by atoms with E-state index in [1.807, 2.05) is 31.2 Å². The number of benzene rings is 2. The van der Waals surface area contributed by atoms with Crippen LogP contribution in [0.5, 0.6) is 0 Å². The fraction of sp³-hybridized carbons (Fsp3) is 0.263. The SMILES string of the molecule is CC(CC#N)Sc1ccccc1NC(=O)CCNc1ccccc1[N+](=O)[O-]. The van der Waals surface area contributed by atoms with Crippen LogP contribution in [0, 0.1) is 21.4 Å². The van der Waals surface area contributed by atoms with Gasteiger partial charge in [-0.15, -0.1) is 11.8 Å². The lowest BCUT2D eigenvalue weighted by molar-refractivity contribution is -0.384. The molecular weight excluding hydrogens is 364 g/mol. The molecule has 0 aliphatic carbocycles. The Morgan fingerprint density at radius 1 is 1.22 bits per heavy atom. The van der Waals surface area contributed by atoms with Crippen molar-refractivity contribution in [3.05, 3.63) is 58.6 Å². The summed E-state index contributed by atoms with van der Waals surface area (Å²) < 4.78 is 0. The van der Waals surface area contributed by atoms with E-state index in [1.54, 1.807) is 18.2 Å². The van der Waals surface area contributed by atoms with Crippen LogP contribution in [-0.2, 0) is 4.79 Å². The molecule has 2 N–H and O–H groups in total. The van der Waals surface area contributed by atoms with Gasteiger partial charge in [0.05, 0.1) is 16.7 Å². The van der Waals surface area contributed by atoms with Crippen LogP contribution in [0.15, 0.2) is 53.4 Å². The molecule has 0 bridgehead atoms. The number of nitrogens with one attached hydrogen (secondary N) is 2. The summed E-state index contributed by atoms with van der Waals surface area (Å²) in [4.78, 5) is 23.7. The Bertz CT molecular complexity index is 851. The summed E-state index contributed by atoms with van der Waals surface area (Å²) in [5, 5.41) is 25.7. The quantitative estimate of drug-likeness (QED) is 0.376. The van der Waals surface area contributed by atoms with Gasteiger partial charge in [0.25, 0.3) is 5.69 Å². The van der Waals surface area contributed by atoms with Crippen LogP contribution >= 0.6 is 11.8 Å². The fourth-order valence-electron chi connectivity index (χ4n) is 2.37. The smallest absolute Gasteiger partial charge is 0.292 e. The predicted octanol–water partition coefficient (Wildman–Crippen LogP) is 4.43. The highest BCUT2D eigenvalue weighted by Crippen LogP contribution is 2.31. The third-order valence-electron chi connectivity index (χ3n) is 3.64. The van der Waals surface area contributed by atoms with Gasteiger partial charge < -0.3 is 10.6 Å². The Kier molecular flexibility index (Phi) is 7.64. The van der Waals surface area contributed by atoms with Crippen LogP contribution in [0.4, 0.5) is 17.1 Å². The summed E-state index contributed by atoms with van der Waals surface area (Å²) in [7, 11) is 0. The number of nitriles is 1. The number of carbonyl (C=O) groups excluding carboxylic acids is 1. The molecular formula is C19H20N4O3S. The average Bonchev–Trinajstić information content (AvgIpc) is 2.64. The van der Waals surface area contributed by atoms with Crippen LogP contribution in [-0.4, -0.2) is 22.6 Å². The largest absolute Gasteiger partial charge is 0.379 e. The molecule has 2 aromatic rings. The van der Waals surface area contributed by atoms with Gasteiger partial charge in [0, 0.05) is 35.6 Å². The number of nitro benzene ring substituents is 1. The molecule has 140 valence electrons. The van der Waals surface area contributed by atoms with Crippen molar-refractivity contribution in [2.24, 2.45) is 0 Å². The van der Waals surface area contributed by atoms with Crippen LogP contribution in [0.25, 0.3) is 0 Å². The molecule has 0 radical (unpaired) electrons. The van der Waals surface area contributed by atoms with E-state index in [0.717, 1.165) is 4.90 Å². The number of para-hydroxylation sites is 3. The molecule has 2 rings (SSSR count). The molecule has 1 atom stereocenters. The molecule has 0 aliphatic heterocycles. The summed E-state index contributed by atoms with van der Waals surface area (Å²) in [6.45, 7) is 2.24. The zero-order chi connectivity index (χ0) is 19.6. The maximum absolute atomic E-state index is 12.2. The van der Waals surface area contributed by atoms with Crippen molar-refractivity contribution < 1.29 is 9.72 Å². The van der Waals surface area contributed by atoms with Gasteiger partial charge in [-0.2, -0.15) is 5.26 Å². The Labute approximate surface area is 161 Å². The Hall–Kier alpha value is -3.05. The molecule has 0 aliphatic rings. The highest BCUT2D eigenvalue weighted by atomic mass is 32.2. The maximum Gasteiger partial charge on any atom is 0.292 e. The zero-order valence-corrected chi connectivity index (χ0v) is 15.7. The number of carbonyl (C=O) groups is 1. The number of thioether (sulfide) groups is 1. The fourth-order valence-corrected chi connectivity index (χ4v) is 3.36. The lowest BCUT2D eigenvalue weighted by atomic mass is 10.2. The van der Waals surface area contributed by atoms with Crippen molar-refractivity contribution in [3.63, 3.8) is 0 Å². The molecule has 1 unspecified atom stereocenters. The minimum Gasteiger partial charge on any atom is -0.379 e. The normalized spacial score (nSPS) is 11.3. The van der Waals surface area contributed by atoms with Crippen molar-refractivity contribution >= 4 is 34.7 Å². The van der Waals surface area contributed by atoms with Gasteiger partial charge in [0.1, 0.15) is 5.69 Å². The maximum atomic E-state index is 12.2. The van der Waals surface area contributed by atoms with Gasteiger partial charge in [-0.3, -0.25) is 14.9 Å². The minimum absolute atomic E-state index is 0.0221. The third kappa shape index (κ3) is 6.31. The first-order valence-corrected chi connectivity index (χ1v) is 9.29. The first-order chi connectivity index (χ1) is 13.0. The van der Waals surface area contributed by atoms with Gasteiger partial charge in [0.15, 0.2) is 0 Å². The average molecular weight is 384 g/mol. The molecule has 0 saturated carbocycles. The number of hydrogen-bond acceptors (Lipinski definition) is 6. The standard InChI is InChI=1S/C19H20N4O3S/c1-14(10-12-20)27-18-9-5-3-7-16(18)22-19(24)11-13-21-15-6-2-4-8-17(15)23(25)26/h2-9,14,21H,10-11,13H2,1H3,(H,22,24). The van der Waals surface area contributed by atoms with E-state index in [2.05, 4.69) is 16.7 Å². The van der Waals surface area contributed by atoms with Crippen LogP contribution in [0.2, 0.25) is 0 Å². The number of amides is 1. The highest BCUT2D eigenvalue weighted by molar-refractivity contribution is 8.00. The molecule has 0 fully saturated rings. The minimum atomic E-state index is -0.460. The first-order valence-electron chi connectivity index (χ1n) is 8.41. The van der Waals surface area contributed by atoms with Gasteiger partial charge in [-0.05, 0) is 18.2 Å². The lowest BCUT2D eigenvalue weighted by Gasteiger charge is -2.13. The van der Waals surface area contributed by atoms with E-state index in [1.165, 1.54) is 17.8 Å². The van der Waals surface area contributed by atoms with Gasteiger partial charge in [0.2, 0.25) is 5.91 Å². The number of hydrogen-bond donors (Lipinski definition) is 2. The highest BCUT2D eigenvalue weighted by Gasteiger charge is 2.13. The van der Waals surface area contributed by atoms with E-state index < -0.39 is 4.92 Å². The summed E-state index contributed by atoms with van der Waals surface area (Å²) in [5.74, 6) is -0.193. The topological polar surface area (TPSA) is 108 Å². The van der Waals surface area contributed by atoms with E-state index in [4.69, 9.17) is 5.26 Å². The van der Waals surface area contributed by atoms with Crippen molar-refractivity contribution in [1.82, 2.24) is 0 Å². The van der Waals surface area contributed by atoms with Crippen LogP contribution < -0.4 is 10.6 Å². The van der Waals surface area contributed by atoms with Gasteiger partial charge in [-0.25, -0.2) is 0 Å². The summed E-state index contributed by atoms with van der Waals surface area (Å²) in [6, 6.07) is 15.9. The van der Waals surface area contributed by atoms with E-state index in [0.29, 0.717) is 17.8 Å². The van der Waals surface area contributed by atoms with E-state index >= 15 is 0 Å². The van der Waals surface area contributed by atoms with Gasteiger partial charge >= 0.3 is 0 Å². The van der Waals surface area contributed by atoms with Crippen molar-refractivity contribution in [2.75, 3.05) is 17.2 Å². The second kappa shape index (κ2) is 10.2. The van der Waals surface area contributed by atoms with E-state index in [-0.39, 0.29) is 29.8 Å². The summed E-state index contributed by atoms with van der Waals surface area (Å²) in [5.41, 5.74) is 1.06. The molecule has 0 spiro atoms. The van der Waals surface area contributed by atoms with Gasteiger partial charge in [-0.1, -0.05) is 31.2 Å². The molecule has 27 heavy (non-hydrogen) atoms. The number of anilines is 2. The van der Waals surface area contributed by atoms with Crippen LogP contribution in [0.3, 0.4) is 0 Å². The molecule has 0 heterocycles. The molecule has 0 aromatic heterocycles. The predicted molar refractivity (Wildman–Crippen MR) is 107 cm³/mol. The lowest BCUT2D eigenvalue weighted by Crippen LogP contribution is -2.17. The summed E-state index contributed by atoms with van der Waals surface area (Å²) >= 11 is 1.53. The molecule has 1 amide bonds. The van der Waals surface area contributed by atoms with E-state index in [9.17, 15) is 14.9 Å². The second-order valence-electron chi connectivity index (χ2n) is 5.79. The third-order valence-corrected chi connectivity index (χ3v) is 4.82. The molecule has 8 heteroatoms. The number of rotatable bonds is 9. The Morgan fingerprint density at radius 3 is 2.59 bits per heavy atom. The second-order valence-corrected chi connectivity index (χ2v) is 7.27. The van der Waals surface area contributed by atoms with Crippen LogP contribution in [0.1, 0.15) is 19.8 Å². The monoisotopic (exact) mass is 384 g/mol. The van der Waals surface area contributed by atoms with Crippen molar-refractivity contribution in [3.8, 4) is 6.07 Å². The Balaban J connectivity index is 1.92. The molecule has 7 nitrogen and oxygen atoms in total.